The van der Waals surface area contributed by atoms with Gasteiger partial charge >= 0.3 is 0 Å². The Morgan fingerprint density at radius 1 is 1.19 bits per heavy atom. The van der Waals surface area contributed by atoms with Gasteiger partial charge in [0.2, 0.25) is 0 Å². The highest BCUT2D eigenvalue weighted by Crippen LogP contribution is 2.35. The van der Waals surface area contributed by atoms with E-state index in [9.17, 15) is 9.90 Å². The minimum absolute atomic E-state index is 0.0974. The number of nitrogens with zero attached hydrogens (tertiary/aromatic N) is 2. The van der Waals surface area contributed by atoms with Gasteiger partial charge in [-0.15, -0.1) is 12.8 Å². The van der Waals surface area contributed by atoms with Crippen LogP contribution in [0.5, 0.6) is 0 Å². The van der Waals surface area contributed by atoms with Crippen LogP contribution in [0.4, 0.5) is 0 Å². The molecule has 0 aromatic carbocycles. The predicted molar refractivity (Wildman–Crippen MR) is 127 cm³/mol. The van der Waals surface area contributed by atoms with Crippen molar-refractivity contribution >= 4 is 5.78 Å². The first-order valence-corrected chi connectivity index (χ1v) is 11.7. The monoisotopic (exact) mass is 446 g/mol. The number of terminal acetylenes is 2. The van der Waals surface area contributed by atoms with E-state index in [1.165, 1.54) is 0 Å². The van der Waals surface area contributed by atoms with Gasteiger partial charge in [-0.2, -0.15) is 0 Å². The van der Waals surface area contributed by atoms with Gasteiger partial charge in [0.05, 0.1) is 6.61 Å². The molecular formula is C26H42N2O4. The molecule has 2 heterocycles. The summed E-state index contributed by atoms with van der Waals surface area (Å²) >= 11 is 0. The summed E-state index contributed by atoms with van der Waals surface area (Å²) in [6, 6.07) is 0.596. The summed E-state index contributed by atoms with van der Waals surface area (Å²) in [5.41, 5.74) is -2.33. The number of rotatable bonds is 3. The number of hydrogen-bond donors (Lipinski definition) is 1. The highest BCUT2D eigenvalue weighted by atomic mass is 16.6. The van der Waals surface area contributed by atoms with Crippen molar-refractivity contribution in [3.63, 3.8) is 0 Å². The maximum atomic E-state index is 13.4. The lowest BCUT2D eigenvalue weighted by molar-refractivity contribution is -0.179. The number of aliphatic hydroxyl groups excluding tert-OH is 1. The number of likely N-dealkylation sites (tertiary alicyclic amines) is 1. The molecule has 2 rings (SSSR count). The van der Waals surface area contributed by atoms with Crippen molar-refractivity contribution in [1.82, 2.24) is 9.80 Å². The molecule has 1 N–H and O–H groups in total. The first kappa shape index (κ1) is 26.8. The lowest BCUT2D eigenvalue weighted by Crippen LogP contribution is -2.60. The van der Waals surface area contributed by atoms with Crippen LogP contribution in [-0.2, 0) is 14.3 Å². The standard InChI is InChI=1S/C26H42N2O4/c1-10-25(7)23(29)20(6)13-26(11-2,31-9)12-19(5)14-27(8)22(17-32-24(25)30)21-15-28(16-21)18(3)4/h1-2,18-22,24,30H,12-17H2,3-9H3/t19-,20-,22+,24+,25+,26-/m1/s1. The third-order valence-corrected chi connectivity index (χ3v) is 7.52. The zero-order chi connectivity index (χ0) is 24.3. The maximum Gasteiger partial charge on any atom is 0.178 e. The van der Waals surface area contributed by atoms with Crippen LogP contribution in [0.1, 0.15) is 47.5 Å². The zero-order valence-corrected chi connectivity index (χ0v) is 20.9. The van der Waals surface area contributed by atoms with E-state index in [-0.39, 0.29) is 17.7 Å². The molecule has 0 bridgehead atoms. The summed E-state index contributed by atoms with van der Waals surface area (Å²) in [5, 5.41) is 10.9. The van der Waals surface area contributed by atoms with Crippen molar-refractivity contribution in [3.8, 4) is 24.7 Å². The summed E-state index contributed by atoms with van der Waals surface area (Å²) < 4.78 is 11.7. The molecule has 0 aliphatic carbocycles. The molecule has 6 atom stereocenters. The molecule has 2 saturated heterocycles. The van der Waals surface area contributed by atoms with E-state index in [2.05, 4.69) is 49.5 Å². The van der Waals surface area contributed by atoms with E-state index in [0.29, 0.717) is 31.4 Å². The Morgan fingerprint density at radius 3 is 2.31 bits per heavy atom. The molecule has 0 amide bonds. The van der Waals surface area contributed by atoms with Crippen molar-refractivity contribution < 1.29 is 19.4 Å². The van der Waals surface area contributed by atoms with Crippen LogP contribution in [0, 0.1) is 47.9 Å². The minimum atomic E-state index is -1.46. The van der Waals surface area contributed by atoms with Crippen molar-refractivity contribution in [1.29, 1.82) is 0 Å². The third-order valence-electron chi connectivity index (χ3n) is 7.52. The second kappa shape index (κ2) is 10.7. The van der Waals surface area contributed by atoms with E-state index in [4.69, 9.17) is 22.3 Å². The van der Waals surface area contributed by atoms with Gasteiger partial charge in [-0.25, -0.2) is 0 Å². The van der Waals surface area contributed by atoms with Gasteiger partial charge in [0, 0.05) is 50.7 Å². The fourth-order valence-corrected chi connectivity index (χ4v) is 5.24. The van der Waals surface area contributed by atoms with Crippen LogP contribution in [0.3, 0.4) is 0 Å². The van der Waals surface area contributed by atoms with Gasteiger partial charge in [-0.05, 0) is 46.6 Å². The number of ketones is 1. The van der Waals surface area contributed by atoms with Crippen molar-refractivity contribution in [2.75, 3.05) is 40.4 Å². The average Bonchev–Trinajstić information content (AvgIpc) is 2.71. The Bertz CT molecular complexity index is 735. The number of methoxy groups -OCH3 is 1. The van der Waals surface area contributed by atoms with Gasteiger partial charge in [-0.1, -0.05) is 25.7 Å². The van der Waals surface area contributed by atoms with Gasteiger partial charge < -0.3 is 24.4 Å². The topological polar surface area (TPSA) is 62.2 Å². The lowest BCUT2D eigenvalue weighted by Gasteiger charge is -2.48. The SMILES string of the molecule is C#C[C@@]1(OC)C[C@@H](C)CN(C)[C@H](C2CN(C(C)C)C2)CO[C@H](O)[C@@](C)(C#C)C(=O)[C@H](C)C1. The fraction of sp³-hybridized carbons (Fsp3) is 0.808. The van der Waals surface area contributed by atoms with Crippen LogP contribution in [0.15, 0.2) is 0 Å². The number of carbonyl (C=O) groups excluding carboxylic acids is 1. The summed E-state index contributed by atoms with van der Waals surface area (Å²) in [5.74, 6) is 5.25. The average molecular weight is 447 g/mol. The first-order valence-electron chi connectivity index (χ1n) is 11.7. The fourth-order valence-electron chi connectivity index (χ4n) is 5.24. The van der Waals surface area contributed by atoms with Crippen LogP contribution >= 0.6 is 0 Å². The Labute approximate surface area is 195 Å². The van der Waals surface area contributed by atoms with Crippen molar-refractivity contribution in [3.05, 3.63) is 0 Å². The summed E-state index contributed by atoms with van der Waals surface area (Å²) in [4.78, 5) is 18.1. The summed E-state index contributed by atoms with van der Waals surface area (Å²) in [6.45, 7) is 13.0. The Balaban J connectivity index is 2.37. The number of aliphatic hydroxyl groups is 1. The van der Waals surface area contributed by atoms with Gasteiger partial charge in [0.15, 0.2) is 12.1 Å². The number of hydrogen-bond acceptors (Lipinski definition) is 6. The number of ether oxygens (including phenoxy) is 2. The smallest absolute Gasteiger partial charge is 0.178 e. The van der Waals surface area contributed by atoms with E-state index in [1.54, 1.807) is 21.0 Å². The van der Waals surface area contributed by atoms with Crippen LogP contribution in [-0.4, -0.2) is 85.1 Å². The molecule has 0 spiro atoms. The molecular weight excluding hydrogens is 404 g/mol. The molecule has 2 aliphatic heterocycles. The highest BCUT2D eigenvalue weighted by Gasteiger charge is 2.46. The number of Topliss-reactive ketones (excluding diaryl/α,β-unsaturated/α-hetero) is 1. The summed E-state index contributed by atoms with van der Waals surface area (Å²) in [6.07, 6.45) is 11.3. The zero-order valence-electron chi connectivity index (χ0n) is 20.9. The molecule has 32 heavy (non-hydrogen) atoms. The second-order valence-corrected chi connectivity index (χ2v) is 10.5. The molecule has 0 saturated carbocycles. The molecule has 0 radical (unpaired) electrons. The Hall–Kier alpha value is -1.41. The van der Waals surface area contributed by atoms with Gasteiger partial charge in [-0.3, -0.25) is 4.79 Å². The molecule has 0 aromatic heterocycles. The molecule has 180 valence electrons. The molecule has 0 unspecified atom stereocenters. The molecule has 0 aromatic rings. The van der Waals surface area contributed by atoms with E-state index >= 15 is 0 Å². The largest absolute Gasteiger partial charge is 0.366 e. The van der Waals surface area contributed by atoms with E-state index < -0.39 is 23.2 Å². The number of likely N-dealkylation sites (N-methyl/N-ethyl adjacent to an activating group) is 1. The van der Waals surface area contributed by atoms with Crippen molar-refractivity contribution in [2.24, 2.45) is 23.2 Å². The van der Waals surface area contributed by atoms with Crippen LogP contribution in [0.25, 0.3) is 0 Å². The lowest BCUT2D eigenvalue weighted by atomic mass is 9.75. The van der Waals surface area contributed by atoms with Crippen LogP contribution < -0.4 is 0 Å². The van der Waals surface area contributed by atoms with E-state index in [0.717, 1.165) is 19.6 Å². The maximum absolute atomic E-state index is 13.4. The second-order valence-electron chi connectivity index (χ2n) is 10.5. The quantitative estimate of drug-likeness (QED) is 0.671. The van der Waals surface area contributed by atoms with Gasteiger partial charge in [0.1, 0.15) is 11.0 Å². The minimum Gasteiger partial charge on any atom is -0.366 e. The molecule has 2 aliphatic rings. The first-order chi connectivity index (χ1) is 14.9. The highest BCUT2D eigenvalue weighted by molar-refractivity contribution is 5.89. The van der Waals surface area contributed by atoms with Crippen LogP contribution in [0.2, 0.25) is 0 Å². The third kappa shape index (κ3) is 5.56. The summed E-state index contributed by atoms with van der Waals surface area (Å²) in [7, 11) is 3.69. The Kier molecular flexibility index (Phi) is 8.96. The van der Waals surface area contributed by atoms with Gasteiger partial charge in [0.25, 0.3) is 0 Å². The van der Waals surface area contributed by atoms with E-state index in [1.807, 2.05) is 0 Å². The molecule has 6 nitrogen and oxygen atoms in total. The number of carbonyl (C=O) groups is 1. The normalized spacial score (nSPS) is 39.3. The predicted octanol–water partition coefficient (Wildman–Crippen LogP) is 2.26. The Morgan fingerprint density at radius 2 is 1.81 bits per heavy atom. The van der Waals surface area contributed by atoms with Crippen molar-refractivity contribution in [2.45, 2.75) is 71.4 Å². The molecule has 6 heteroatoms. The molecule has 2 fully saturated rings.